The zero-order valence-electron chi connectivity index (χ0n) is 15.7. The molecule has 2 aromatic rings. The quantitative estimate of drug-likeness (QED) is 0.542. The summed E-state index contributed by atoms with van der Waals surface area (Å²) >= 11 is 0. The van der Waals surface area contributed by atoms with E-state index in [0.29, 0.717) is 36.2 Å². The van der Waals surface area contributed by atoms with Crippen molar-refractivity contribution < 1.29 is 23.2 Å². The number of hydrogen-bond donors (Lipinski definition) is 2. The molecule has 3 rings (SSSR count). The van der Waals surface area contributed by atoms with Gasteiger partial charge in [-0.25, -0.2) is 8.42 Å². The number of aliphatic hydroxyl groups excluding tert-OH is 1. The average molecular weight is 419 g/mol. The molecule has 0 spiro atoms. The first-order valence-corrected chi connectivity index (χ1v) is 10.8. The minimum atomic E-state index is -3.38. The highest BCUT2D eigenvalue weighted by Crippen LogP contribution is 2.30. The van der Waals surface area contributed by atoms with Crippen LogP contribution in [0.4, 0.5) is 11.4 Å². The second kappa shape index (κ2) is 8.18. The lowest BCUT2D eigenvalue weighted by atomic mass is 10.0. The van der Waals surface area contributed by atoms with Gasteiger partial charge in [0.2, 0.25) is 10.0 Å². The largest absolute Gasteiger partial charge is 0.387 e. The number of aryl methyl sites for hydroxylation is 1. The van der Waals surface area contributed by atoms with Crippen LogP contribution in [0.25, 0.3) is 0 Å². The zero-order chi connectivity index (χ0) is 21.2. The second-order valence-corrected chi connectivity index (χ2v) is 8.76. The van der Waals surface area contributed by atoms with Crippen LogP contribution in [0.15, 0.2) is 42.5 Å². The van der Waals surface area contributed by atoms with Crippen LogP contribution in [0.5, 0.6) is 0 Å². The van der Waals surface area contributed by atoms with Gasteiger partial charge in [0, 0.05) is 30.8 Å². The molecule has 1 heterocycles. The highest BCUT2D eigenvalue weighted by Gasteiger charge is 2.24. The number of nitro groups is 1. The molecule has 154 valence electrons. The Hall–Kier alpha value is -2.98. The fourth-order valence-electron chi connectivity index (χ4n) is 3.28. The van der Waals surface area contributed by atoms with Crippen LogP contribution in [-0.2, 0) is 16.4 Å². The SMILES string of the molecule is CS(=O)(=O)N1CCCc2cc(C(=O)NC[C@@H](O)c3ccc([N+](=O)[O-])cc3)ccc21. The summed E-state index contributed by atoms with van der Waals surface area (Å²) in [5, 5.41) is 23.5. The van der Waals surface area contributed by atoms with Crippen LogP contribution in [0.3, 0.4) is 0 Å². The van der Waals surface area contributed by atoms with Gasteiger partial charge < -0.3 is 10.4 Å². The molecule has 2 aromatic carbocycles. The number of aliphatic hydroxyl groups is 1. The minimum Gasteiger partial charge on any atom is -0.387 e. The van der Waals surface area contributed by atoms with Gasteiger partial charge in [-0.3, -0.25) is 19.2 Å². The van der Waals surface area contributed by atoms with Gasteiger partial charge >= 0.3 is 0 Å². The molecule has 0 saturated heterocycles. The van der Waals surface area contributed by atoms with E-state index in [0.717, 1.165) is 11.8 Å². The van der Waals surface area contributed by atoms with Crippen molar-refractivity contribution in [2.24, 2.45) is 0 Å². The van der Waals surface area contributed by atoms with Crippen LogP contribution < -0.4 is 9.62 Å². The molecule has 0 fully saturated rings. The lowest BCUT2D eigenvalue weighted by Crippen LogP contribution is -2.35. The maximum absolute atomic E-state index is 12.4. The number of carbonyl (C=O) groups excluding carboxylic acids is 1. The van der Waals surface area contributed by atoms with Gasteiger partial charge in [0.25, 0.3) is 11.6 Å². The van der Waals surface area contributed by atoms with Crippen LogP contribution in [0, 0.1) is 10.1 Å². The van der Waals surface area contributed by atoms with E-state index in [-0.39, 0.29) is 12.2 Å². The van der Waals surface area contributed by atoms with E-state index < -0.39 is 27.0 Å². The third-order valence-electron chi connectivity index (χ3n) is 4.76. The maximum Gasteiger partial charge on any atom is 0.269 e. The van der Waals surface area contributed by atoms with Crippen LogP contribution in [0.1, 0.15) is 34.0 Å². The normalized spacial score (nSPS) is 14.8. The predicted molar refractivity (Wildman–Crippen MR) is 107 cm³/mol. The lowest BCUT2D eigenvalue weighted by Gasteiger charge is -2.29. The van der Waals surface area contributed by atoms with E-state index in [1.165, 1.54) is 28.6 Å². The number of hydrogen-bond acceptors (Lipinski definition) is 6. The number of amides is 1. The lowest BCUT2D eigenvalue weighted by molar-refractivity contribution is -0.384. The van der Waals surface area contributed by atoms with Gasteiger partial charge in [0.15, 0.2) is 0 Å². The molecule has 10 heteroatoms. The Morgan fingerprint density at radius 2 is 1.97 bits per heavy atom. The molecule has 0 saturated carbocycles. The number of sulfonamides is 1. The molecule has 0 radical (unpaired) electrons. The minimum absolute atomic E-state index is 0.0663. The number of nitrogens with zero attached hydrogens (tertiary/aromatic N) is 2. The van der Waals surface area contributed by atoms with Gasteiger partial charge in [-0.05, 0) is 54.3 Å². The van der Waals surface area contributed by atoms with Gasteiger partial charge in [-0.15, -0.1) is 0 Å². The predicted octanol–water partition coefficient (Wildman–Crippen LogP) is 1.77. The van der Waals surface area contributed by atoms with Crippen molar-refractivity contribution in [2.75, 3.05) is 23.7 Å². The Labute approximate surface area is 168 Å². The summed E-state index contributed by atoms with van der Waals surface area (Å²) in [4.78, 5) is 22.6. The fourth-order valence-corrected chi connectivity index (χ4v) is 4.27. The number of rotatable bonds is 6. The van der Waals surface area contributed by atoms with E-state index in [2.05, 4.69) is 5.32 Å². The van der Waals surface area contributed by atoms with Crippen LogP contribution in [-0.4, -0.2) is 43.7 Å². The fraction of sp³-hybridized carbons (Fsp3) is 0.316. The van der Waals surface area contributed by atoms with Crippen LogP contribution in [0.2, 0.25) is 0 Å². The molecule has 0 bridgehead atoms. The molecule has 0 unspecified atom stereocenters. The van der Waals surface area contributed by atoms with Gasteiger partial charge in [0.1, 0.15) is 0 Å². The highest BCUT2D eigenvalue weighted by molar-refractivity contribution is 7.92. The van der Waals surface area contributed by atoms with Crippen molar-refractivity contribution in [1.29, 1.82) is 0 Å². The monoisotopic (exact) mass is 419 g/mol. The first kappa shape index (κ1) is 20.7. The third-order valence-corrected chi connectivity index (χ3v) is 5.94. The first-order chi connectivity index (χ1) is 13.7. The van der Waals surface area contributed by atoms with Crippen LogP contribution >= 0.6 is 0 Å². The molecule has 1 aliphatic rings. The number of benzene rings is 2. The van der Waals surface area contributed by atoms with Crippen molar-refractivity contribution in [3.63, 3.8) is 0 Å². The molecule has 29 heavy (non-hydrogen) atoms. The van der Waals surface area contributed by atoms with Crippen molar-refractivity contribution in [3.8, 4) is 0 Å². The molecule has 1 atom stereocenters. The van der Waals surface area contributed by atoms with Crippen molar-refractivity contribution in [2.45, 2.75) is 18.9 Å². The van der Waals surface area contributed by atoms with Gasteiger partial charge in [0.05, 0.1) is 23.0 Å². The van der Waals surface area contributed by atoms with E-state index in [1.807, 2.05) is 0 Å². The van der Waals surface area contributed by atoms with E-state index >= 15 is 0 Å². The summed E-state index contributed by atoms with van der Waals surface area (Å²) in [5.41, 5.74) is 2.11. The number of nitro benzene ring substituents is 1. The number of anilines is 1. The summed E-state index contributed by atoms with van der Waals surface area (Å²) in [5.74, 6) is -0.398. The summed E-state index contributed by atoms with van der Waals surface area (Å²) in [6.45, 7) is 0.349. The Kier molecular flexibility index (Phi) is 5.85. The number of nitrogens with one attached hydrogen (secondary N) is 1. The van der Waals surface area contributed by atoms with Crippen molar-refractivity contribution in [3.05, 3.63) is 69.3 Å². The summed E-state index contributed by atoms with van der Waals surface area (Å²) in [6.07, 6.45) is 1.48. The Bertz CT molecular complexity index is 1040. The molecule has 1 aliphatic heterocycles. The smallest absolute Gasteiger partial charge is 0.269 e. The van der Waals surface area contributed by atoms with E-state index in [1.54, 1.807) is 18.2 Å². The maximum atomic E-state index is 12.4. The van der Waals surface area contributed by atoms with Gasteiger partial charge in [-0.2, -0.15) is 0 Å². The highest BCUT2D eigenvalue weighted by atomic mass is 32.2. The Balaban J connectivity index is 1.67. The number of fused-ring (bicyclic) bond motifs is 1. The molecule has 0 aliphatic carbocycles. The molecule has 9 nitrogen and oxygen atoms in total. The van der Waals surface area contributed by atoms with Crippen molar-refractivity contribution >= 4 is 27.3 Å². The van der Waals surface area contributed by atoms with Gasteiger partial charge in [-0.1, -0.05) is 0 Å². The number of non-ortho nitro benzene ring substituents is 1. The molecular formula is C19H21N3O6S. The van der Waals surface area contributed by atoms with Crippen molar-refractivity contribution in [1.82, 2.24) is 5.32 Å². The Morgan fingerprint density at radius 1 is 1.28 bits per heavy atom. The standard InChI is InChI=1S/C19H21N3O6S/c1-29(27,28)21-10-2-3-14-11-15(6-9-17(14)21)19(24)20-12-18(23)13-4-7-16(8-5-13)22(25)26/h4-9,11,18,23H,2-3,10,12H2,1H3,(H,20,24)/t18-/m1/s1. The average Bonchev–Trinajstić information content (AvgIpc) is 2.70. The molecule has 1 amide bonds. The summed E-state index contributed by atoms with van der Waals surface area (Å²) in [6, 6.07) is 10.3. The number of carbonyl (C=O) groups is 1. The first-order valence-electron chi connectivity index (χ1n) is 8.98. The topological polar surface area (TPSA) is 130 Å². The summed E-state index contributed by atoms with van der Waals surface area (Å²) < 4.78 is 25.2. The van der Waals surface area contributed by atoms with E-state index in [9.17, 15) is 28.4 Å². The summed E-state index contributed by atoms with van der Waals surface area (Å²) in [7, 11) is -3.38. The molecule has 0 aromatic heterocycles. The van der Waals surface area contributed by atoms with E-state index in [4.69, 9.17) is 0 Å². The Morgan fingerprint density at radius 3 is 2.59 bits per heavy atom. The molecule has 2 N–H and O–H groups in total. The third kappa shape index (κ3) is 4.72. The second-order valence-electron chi connectivity index (χ2n) is 6.86. The zero-order valence-corrected chi connectivity index (χ0v) is 16.6. The molecular weight excluding hydrogens is 398 g/mol.